The summed E-state index contributed by atoms with van der Waals surface area (Å²) in [6.45, 7) is 4.81. The highest BCUT2D eigenvalue weighted by Crippen LogP contribution is 2.22. The molecule has 2 rings (SSSR count). The highest BCUT2D eigenvalue weighted by Gasteiger charge is 2.13. The van der Waals surface area contributed by atoms with Crippen LogP contribution in [-0.2, 0) is 13.0 Å². The fourth-order valence-electron chi connectivity index (χ4n) is 2.12. The first kappa shape index (κ1) is 16.0. The Bertz CT molecular complexity index is 600. The molecule has 0 N–H and O–H groups in total. The zero-order chi connectivity index (χ0) is 14.7. The second kappa shape index (κ2) is 7.04. The van der Waals surface area contributed by atoms with Gasteiger partial charge in [-0.25, -0.2) is 9.37 Å². The van der Waals surface area contributed by atoms with Gasteiger partial charge in [-0.1, -0.05) is 6.92 Å². The highest BCUT2D eigenvalue weighted by atomic mass is 127. The molecule has 0 bridgehead atoms. The maximum Gasteiger partial charge on any atom is 0.138 e. The number of alkyl halides is 1. The van der Waals surface area contributed by atoms with Crippen molar-refractivity contribution in [2.24, 2.45) is 0 Å². The predicted molar refractivity (Wildman–Crippen MR) is 90.0 cm³/mol. The molecule has 0 atom stereocenters. The molecular formula is C14H18ClFIN3. The molecule has 3 nitrogen and oxygen atoms in total. The summed E-state index contributed by atoms with van der Waals surface area (Å²) in [5.41, 5.74) is 1.70. The Hall–Kier alpha value is -0.400. The zero-order valence-electron chi connectivity index (χ0n) is 11.7. The second-order valence-electron chi connectivity index (χ2n) is 4.77. The van der Waals surface area contributed by atoms with Crippen molar-refractivity contribution in [3.63, 3.8) is 0 Å². The van der Waals surface area contributed by atoms with Crippen LogP contribution < -0.4 is 0 Å². The van der Waals surface area contributed by atoms with Crippen molar-refractivity contribution in [3.05, 3.63) is 27.3 Å². The van der Waals surface area contributed by atoms with E-state index in [1.807, 2.05) is 22.6 Å². The van der Waals surface area contributed by atoms with Crippen molar-refractivity contribution in [2.45, 2.75) is 19.9 Å². The van der Waals surface area contributed by atoms with Crippen LogP contribution >= 0.6 is 34.2 Å². The Balaban J connectivity index is 2.42. The van der Waals surface area contributed by atoms with Crippen molar-refractivity contribution in [1.82, 2.24) is 14.5 Å². The molecule has 0 fully saturated rings. The Labute approximate surface area is 137 Å². The predicted octanol–water partition coefficient (Wildman–Crippen LogP) is 3.51. The van der Waals surface area contributed by atoms with Crippen LogP contribution in [0.2, 0.25) is 0 Å². The molecule has 0 aliphatic heterocycles. The largest absolute Gasteiger partial charge is 0.327 e. The summed E-state index contributed by atoms with van der Waals surface area (Å²) in [6.07, 6.45) is 0.699. The monoisotopic (exact) mass is 409 g/mol. The molecule has 0 radical (unpaired) electrons. The summed E-state index contributed by atoms with van der Waals surface area (Å²) >= 11 is 7.84. The summed E-state index contributed by atoms with van der Waals surface area (Å²) in [4.78, 5) is 6.82. The van der Waals surface area contributed by atoms with Gasteiger partial charge >= 0.3 is 0 Å². The van der Waals surface area contributed by atoms with Gasteiger partial charge in [0.1, 0.15) is 11.6 Å². The van der Waals surface area contributed by atoms with Crippen LogP contribution in [0.25, 0.3) is 11.0 Å². The molecule has 2 aromatic rings. The first-order chi connectivity index (χ1) is 9.56. The molecule has 1 heterocycles. The van der Waals surface area contributed by atoms with Gasteiger partial charge in [-0.05, 0) is 42.2 Å². The van der Waals surface area contributed by atoms with E-state index in [4.69, 9.17) is 11.6 Å². The van der Waals surface area contributed by atoms with Crippen molar-refractivity contribution in [1.29, 1.82) is 0 Å². The van der Waals surface area contributed by atoms with Crippen LogP contribution in [0.15, 0.2) is 12.1 Å². The van der Waals surface area contributed by atoms with Gasteiger partial charge in [0.15, 0.2) is 0 Å². The van der Waals surface area contributed by atoms with E-state index in [2.05, 4.69) is 28.4 Å². The van der Waals surface area contributed by atoms with Crippen LogP contribution in [-0.4, -0.2) is 40.5 Å². The normalized spacial score (nSPS) is 11.7. The number of fused-ring (bicyclic) bond motifs is 1. The van der Waals surface area contributed by atoms with Crippen molar-refractivity contribution in [3.8, 4) is 0 Å². The van der Waals surface area contributed by atoms with E-state index in [9.17, 15) is 4.39 Å². The summed E-state index contributed by atoms with van der Waals surface area (Å²) in [6, 6.07) is 3.37. The van der Waals surface area contributed by atoms with Gasteiger partial charge in [0.25, 0.3) is 0 Å². The fourth-order valence-corrected chi connectivity index (χ4v) is 2.74. The number of imidazole rings is 1. The van der Waals surface area contributed by atoms with Gasteiger partial charge in [0.2, 0.25) is 0 Å². The van der Waals surface area contributed by atoms with Crippen LogP contribution in [0.3, 0.4) is 0 Å². The van der Waals surface area contributed by atoms with Gasteiger partial charge in [0.05, 0.1) is 14.6 Å². The Morgan fingerprint density at radius 2 is 2.20 bits per heavy atom. The molecule has 0 amide bonds. The molecule has 0 saturated carbocycles. The van der Waals surface area contributed by atoms with Crippen LogP contribution in [0, 0.1) is 9.39 Å². The molecular weight excluding hydrogens is 392 g/mol. The lowest BCUT2D eigenvalue weighted by Crippen LogP contribution is -2.23. The van der Waals surface area contributed by atoms with E-state index in [1.54, 1.807) is 12.1 Å². The van der Waals surface area contributed by atoms with Crippen molar-refractivity contribution >= 4 is 45.2 Å². The number of aryl methyl sites for hydroxylation is 1. The number of aromatic nitrogens is 2. The third kappa shape index (κ3) is 3.43. The minimum Gasteiger partial charge on any atom is -0.327 e. The first-order valence-corrected chi connectivity index (χ1v) is 8.26. The summed E-state index contributed by atoms with van der Waals surface area (Å²) in [5, 5.41) is 0. The summed E-state index contributed by atoms with van der Waals surface area (Å²) < 4.78 is 16.5. The van der Waals surface area contributed by atoms with Gasteiger partial charge in [-0.2, -0.15) is 0 Å². The third-order valence-electron chi connectivity index (χ3n) is 3.43. The Kier molecular flexibility index (Phi) is 5.63. The Morgan fingerprint density at radius 1 is 1.45 bits per heavy atom. The van der Waals surface area contributed by atoms with Crippen LogP contribution in [0.5, 0.6) is 0 Å². The van der Waals surface area contributed by atoms with Crippen molar-refractivity contribution < 1.29 is 4.39 Å². The maximum atomic E-state index is 13.8. The van der Waals surface area contributed by atoms with E-state index in [0.29, 0.717) is 15.9 Å². The molecule has 0 aliphatic rings. The van der Waals surface area contributed by atoms with E-state index in [0.717, 1.165) is 36.5 Å². The standard InChI is InChI=1S/C14H18ClFIN3/c1-3-19(2)6-7-20-13-8-10(16)11(17)9-12(13)18-14(20)4-5-15/h8-9H,3-7H2,1-2H3. The summed E-state index contributed by atoms with van der Waals surface area (Å²) in [5.74, 6) is 1.26. The smallest absolute Gasteiger partial charge is 0.138 e. The lowest BCUT2D eigenvalue weighted by molar-refractivity contribution is 0.335. The second-order valence-corrected chi connectivity index (χ2v) is 6.31. The highest BCUT2D eigenvalue weighted by molar-refractivity contribution is 14.1. The topological polar surface area (TPSA) is 21.1 Å². The van der Waals surface area contributed by atoms with Crippen molar-refractivity contribution in [2.75, 3.05) is 26.0 Å². The molecule has 20 heavy (non-hydrogen) atoms. The van der Waals surface area contributed by atoms with Crippen LogP contribution in [0.4, 0.5) is 4.39 Å². The van der Waals surface area contributed by atoms with Gasteiger partial charge < -0.3 is 9.47 Å². The first-order valence-electron chi connectivity index (χ1n) is 6.65. The number of rotatable bonds is 6. The summed E-state index contributed by atoms with van der Waals surface area (Å²) in [7, 11) is 2.07. The van der Waals surface area contributed by atoms with Gasteiger partial charge in [-0.3, -0.25) is 0 Å². The lowest BCUT2D eigenvalue weighted by atomic mass is 10.3. The molecule has 0 saturated heterocycles. The molecule has 0 aliphatic carbocycles. The number of nitrogens with zero attached hydrogens (tertiary/aromatic N) is 3. The lowest BCUT2D eigenvalue weighted by Gasteiger charge is -2.16. The minimum atomic E-state index is -0.194. The van der Waals surface area contributed by atoms with E-state index < -0.39 is 0 Å². The average Bonchev–Trinajstić information content (AvgIpc) is 2.74. The van der Waals surface area contributed by atoms with E-state index in [-0.39, 0.29) is 5.82 Å². The number of hydrogen-bond acceptors (Lipinski definition) is 2. The molecule has 1 aromatic heterocycles. The molecule has 0 unspecified atom stereocenters. The number of benzene rings is 1. The van der Waals surface area contributed by atoms with E-state index in [1.165, 1.54) is 0 Å². The van der Waals surface area contributed by atoms with Gasteiger partial charge in [0, 0.05) is 31.5 Å². The SMILES string of the molecule is CCN(C)CCn1c(CCCl)nc2cc(I)c(F)cc21. The molecule has 0 spiro atoms. The minimum absolute atomic E-state index is 0.194. The zero-order valence-corrected chi connectivity index (χ0v) is 14.6. The van der Waals surface area contributed by atoms with Crippen LogP contribution in [0.1, 0.15) is 12.7 Å². The molecule has 1 aromatic carbocycles. The average molecular weight is 410 g/mol. The number of hydrogen-bond donors (Lipinski definition) is 0. The quantitative estimate of drug-likeness (QED) is 0.538. The Morgan fingerprint density at radius 3 is 2.85 bits per heavy atom. The van der Waals surface area contributed by atoms with E-state index >= 15 is 0 Å². The number of halogens is 3. The third-order valence-corrected chi connectivity index (χ3v) is 4.45. The number of likely N-dealkylation sites (N-methyl/N-ethyl adjacent to an activating group) is 1. The fraction of sp³-hybridized carbons (Fsp3) is 0.500. The van der Waals surface area contributed by atoms with Gasteiger partial charge in [-0.15, -0.1) is 11.6 Å². The maximum absolute atomic E-state index is 13.8. The molecule has 110 valence electrons. The molecule has 6 heteroatoms.